The van der Waals surface area contributed by atoms with Crippen molar-refractivity contribution in [2.75, 3.05) is 0 Å². The zero-order valence-corrected chi connectivity index (χ0v) is 12.8. The van der Waals surface area contributed by atoms with E-state index in [1.54, 1.807) is 17.9 Å². The monoisotopic (exact) mass is 309 g/mol. The van der Waals surface area contributed by atoms with E-state index >= 15 is 0 Å². The molecular weight excluding hydrogens is 290 g/mol. The number of nitrogens with zero attached hydrogens (tertiary/aromatic N) is 2. The van der Waals surface area contributed by atoms with Crippen LogP contribution in [0, 0.1) is 17.8 Å². The minimum Gasteiger partial charge on any atom is -0.390 e. The first-order chi connectivity index (χ1) is 9.93. The smallest absolute Gasteiger partial charge is 0.256 e. The molecule has 114 valence electrons. The van der Waals surface area contributed by atoms with Crippen molar-refractivity contribution >= 4 is 17.5 Å². The van der Waals surface area contributed by atoms with Gasteiger partial charge >= 0.3 is 0 Å². The predicted octanol–water partition coefficient (Wildman–Crippen LogP) is 1.74. The van der Waals surface area contributed by atoms with Gasteiger partial charge in [0.05, 0.1) is 11.2 Å². The van der Waals surface area contributed by atoms with Crippen LogP contribution >= 0.6 is 11.6 Å². The first kappa shape index (κ1) is 13.6. The summed E-state index contributed by atoms with van der Waals surface area (Å²) in [7, 11) is 1.75. The van der Waals surface area contributed by atoms with E-state index < -0.39 is 5.60 Å². The van der Waals surface area contributed by atoms with Gasteiger partial charge in [-0.15, -0.1) is 0 Å². The molecule has 5 rings (SSSR count). The van der Waals surface area contributed by atoms with Gasteiger partial charge in [0.2, 0.25) is 0 Å². The van der Waals surface area contributed by atoms with Crippen LogP contribution in [0.15, 0.2) is 6.20 Å². The van der Waals surface area contributed by atoms with Gasteiger partial charge in [-0.25, -0.2) is 0 Å². The van der Waals surface area contributed by atoms with E-state index in [0.717, 1.165) is 32.1 Å². The van der Waals surface area contributed by atoms with Crippen molar-refractivity contribution in [1.82, 2.24) is 15.1 Å². The van der Waals surface area contributed by atoms with Gasteiger partial charge in [0, 0.05) is 19.3 Å². The van der Waals surface area contributed by atoms with Crippen molar-refractivity contribution in [3.63, 3.8) is 0 Å². The highest BCUT2D eigenvalue weighted by molar-refractivity contribution is 6.32. The van der Waals surface area contributed by atoms with Crippen molar-refractivity contribution in [3.05, 3.63) is 16.9 Å². The standard InChI is InChI=1S/C15H20ClN3O2/c1-19-7-11(13(16)18-19)14(20)17-12-9-2-8-3-10(12)6-15(21,4-8)5-9/h7-10,12,21H,2-6H2,1H3,(H,17,20). The summed E-state index contributed by atoms with van der Waals surface area (Å²) in [5, 5.41) is 18.0. The van der Waals surface area contributed by atoms with E-state index in [2.05, 4.69) is 10.4 Å². The normalized spacial score (nSPS) is 40.5. The molecule has 0 saturated heterocycles. The number of amides is 1. The molecule has 0 spiro atoms. The minimum atomic E-state index is -0.469. The maximum atomic E-state index is 12.4. The molecule has 2 unspecified atom stereocenters. The number of aromatic nitrogens is 2. The number of hydrogen-bond donors (Lipinski definition) is 2. The summed E-state index contributed by atoms with van der Waals surface area (Å²) >= 11 is 6.00. The Bertz CT molecular complexity index is 584. The summed E-state index contributed by atoms with van der Waals surface area (Å²) in [6.45, 7) is 0. The van der Waals surface area contributed by atoms with E-state index in [1.165, 1.54) is 0 Å². The van der Waals surface area contributed by atoms with Crippen LogP contribution in [0.1, 0.15) is 42.5 Å². The second kappa shape index (κ2) is 4.46. The lowest BCUT2D eigenvalue weighted by Gasteiger charge is -2.58. The van der Waals surface area contributed by atoms with Crippen molar-refractivity contribution in [3.8, 4) is 0 Å². The SMILES string of the molecule is Cn1cc(C(=O)NC2C3CC4CC2CC(O)(C4)C3)c(Cl)n1. The molecule has 21 heavy (non-hydrogen) atoms. The molecule has 2 N–H and O–H groups in total. The summed E-state index contributed by atoms with van der Waals surface area (Å²) in [4.78, 5) is 12.4. The molecule has 4 aliphatic rings. The molecule has 4 bridgehead atoms. The number of carbonyl (C=O) groups excluding carboxylic acids is 1. The van der Waals surface area contributed by atoms with Crippen LogP contribution < -0.4 is 5.32 Å². The van der Waals surface area contributed by atoms with Crippen molar-refractivity contribution in [2.45, 2.75) is 43.7 Å². The molecular formula is C15H20ClN3O2. The maximum Gasteiger partial charge on any atom is 0.256 e. The number of rotatable bonds is 2. The van der Waals surface area contributed by atoms with Gasteiger partial charge in [0.1, 0.15) is 0 Å². The number of aryl methyl sites for hydroxylation is 1. The number of carbonyl (C=O) groups is 1. The van der Waals surface area contributed by atoms with Crippen LogP contribution in [0.2, 0.25) is 5.15 Å². The molecule has 4 aliphatic carbocycles. The molecule has 0 aliphatic heterocycles. The van der Waals surface area contributed by atoms with Gasteiger partial charge < -0.3 is 10.4 Å². The van der Waals surface area contributed by atoms with E-state index in [0.29, 0.717) is 23.3 Å². The van der Waals surface area contributed by atoms with Gasteiger partial charge in [-0.1, -0.05) is 11.6 Å². The average Bonchev–Trinajstić information content (AvgIpc) is 2.71. The highest BCUT2D eigenvalue weighted by atomic mass is 35.5. The highest BCUT2D eigenvalue weighted by Crippen LogP contribution is 2.55. The fourth-order valence-corrected chi connectivity index (χ4v) is 5.31. The summed E-state index contributed by atoms with van der Waals surface area (Å²) in [6, 6.07) is 0.172. The van der Waals surface area contributed by atoms with E-state index in [9.17, 15) is 9.90 Å². The zero-order chi connectivity index (χ0) is 14.8. The van der Waals surface area contributed by atoms with Crippen LogP contribution in [-0.4, -0.2) is 32.4 Å². The molecule has 6 heteroatoms. The van der Waals surface area contributed by atoms with Crippen LogP contribution in [0.25, 0.3) is 0 Å². The molecule has 1 amide bonds. The lowest BCUT2D eigenvalue weighted by atomic mass is 9.52. The quantitative estimate of drug-likeness (QED) is 0.874. The molecule has 0 radical (unpaired) electrons. The van der Waals surface area contributed by atoms with Crippen LogP contribution in [0.5, 0.6) is 0 Å². The van der Waals surface area contributed by atoms with Crippen LogP contribution in [-0.2, 0) is 7.05 Å². The summed E-state index contributed by atoms with van der Waals surface area (Å²) in [6.07, 6.45) is 6.52. The third-order valence-electron chi connectivity index (χ3n) is 5.57. The average molecular weight is 310 g/mol. The van der Waals surface area contributed by atoms with E-state index in [-0.39, 0.29) is 17.1 Å². The van der Waals surface area contributed by atoms with Gasteiger partial charge in [-0.3, -0.25) is 9.48 Å². The van der Waals surface area contributed by atoms with Crippen LogP contribution in [0.3, 0.4) is 0 Å². The lowest BCUT2D eigenvalue weighted by molar-refractivity contribution is -0.136. The Morgan fingerprint density at radius 2 is 2.10 bits per heavy atom. The Hall–Kier alpha value is -1.07. The zero-order valence-electron chi connectivity index (χ0n) is 12.1. The summed E-state index contributed by atoms with van der Waals surface area (Å²) in [5.74, 6) is 1.31. The first-order valence-electron chi connectivity index (χ1n) is 7.66. The number of hydrogen-bond acceptors (Lipinski definition) is 3. The van der Waals surface area contributed by atoms with E-state index in [4.69, 9.17) is 11.6 Å². The minimum absolute atomic E-state index is 0.141. The van der Waals surface area contributed by atoms with Crippen LogP contribution in [0.4, 0.5) is 0 Å². The molecule has 0 aromatic carbocycles. The van der Waals surface area contributed by atoms with Crippen molar-refractivity contribution < 1.29 is 9.90 Å². The Kier molecular flexibility index (Phi) is 2.89. The number of halogens is 1. The molecule has 1 aromatic heterocycles. The van der Waals surface area contributed by atoms with Gasteiger partial charge in [0.15, 0.2) is 5.15 Å². The van der Waals surface area contributed by atoms with Gasteiger partial charge in [-0.2, -0.15) is 5.10 Å². The van der Waals surface area contributed by atoms with Crippen molar-refractivity contribution in [2.24, 2.45) is 24.8 Å². The third-order valence-corrected chi connectivity index (χ3v) is 5.85. The summed E-state index contributed by atoms with van der Waals surface area (Å²) in [5.41, 5.74) is -0.0318. The van der Waals surface area contributed by atoms with Gasteiger partial charge in [0.25, 0.3) is 5.91 Å². The second-order valence-corrected chi connectivity index (χ2v) is 7.56. The lowest BCUT2D eigenvalue weighted by Crippen LogP contribution is -2.61. The Morgan fingerprint density at radius 3 is 2.62 bits per heavy atom. The molecule has 4 fully saturated rings. The third kappa shape index (κ3) is 2.18. The predicted molar refractivity (Wildman–Crippen MR) is 78.0 cm³/mol. The molecule has 1 heterocycles. The number of aliphatic hydroxyl groups is 1. The van der Waals surface area contributed by atoms with Crippen molar-refractivity contribution in [1.29, 1.82) is 0 Å². The first-order valence-corrected chi connectivity index (χ1v) is 8.04. The Labute approximate surface area is 128 Å². The number of nitrogens with one attached hydrogen (secondary N) is 1. The fraction of sp³-hybridized carbons (Fsp3) is 0.733. The van der Waals surface area contributed by atoms with E-state index in [1.807, 2.05) is 0 Å². The van der Waals surface area contributed by atoms with Gasteiger partial charge in [-0.05, 0) is 49.9 Å². The summed E-state index contributed by atoms with van der Waals surface area (Å²) < 4.78 is 1.55. The fourth-order valence-electron chi connectivity index (χ4n) is 5.06. The Balaban J connectivity index is 1.53. The maximum absolute atomic E-state index is 12.4. The molecule has 1 aromatic rings. The Morgan fingerprint density at radius 1 is 1.43 bits per heavy atom. The highest BCUT2D eigenvalue weighted by Gasteiger charge is 2.55. The topological polar surface area (TPSA) is 67.2 Å². The molecule has 4 saturated carbocycles. The second-order valence-electron chi connectivity index (χ2n) is 7.20. The largest absolute Gasteiger partial charge is 0.390 e. The molecule has 5 nitrogen and oxygen atoms in total. The molecule has 2 atom stereocenters.